The summed E-state index contributed by atoms with van der Waals surface area (Å²) in [5.74, 6) is -0.179. The van der Waals surface area contributed by atoms with Crippen molar-refractivity contribution in [2.24, 2.45) is 5.92 Å². The summed E-state index contributed by atoms with van der Waals surface area (Å²) in [6.07, 6.45) is 3.33. The van der Waals surface area contributed by atoms with E-state index in [9.17, 15) is 8.78 Å². The van der Waals surface area contributed by atoms with Crippen molar-refractivity contribution in [2.45, 2.75) is 44.7 Å². The number of nitrogens with zero attached hydrogens (tertiary/aromatic N) is 1. The van der Waals surface area contributed by atoms with E-state index in [2.05, 4.69) is 24.1 Å². The van der Waals surface area contributed by atoms with Gasteiger partial charge in [-0.15, -0.1) is 0 Å². The van der Waals surface area contributed by atoms with Crippen LogP contribution in [0.2, 0.25) is 0 Å². The van der Waals surface area contributed by atoms with Crippen molar-refractivity contribution in [1.29, 1.82) is 0 Å². The summed E-state index contributed by atoms with van der Waals surface area (Å²) in [6, 6.07) is 4.28. The summed E-state index contributed by atoms with van der Waals surface area (Å²) >= 11 is 0. The number of rotatable bonds is 4. The van der Waals surface area contributed by atoms with Crippen LogP contribution in [0.3, 0.4) is 0 Å². The molecule has 1 aromatic rings. The average Bonchev–Trinajstić information content (AvgIpc) is 3.24. The molecular weight excluding hydrogens is 270 g/mol. The molecular formula is C17H24F2N2. The molecule has 3 rings (SSSR count). The van der Waals surface area contributed by atoms with Gasteiger partial charge in [0, 0.05) is 37.3 Å². The molecule has 21 heavy (non-hydrogen) atoms. The van der Waals surface area contributed by atoms with Crippen LogP contribution in [0.1, 0.15) is 32.3 Å². The molecule has 2 atom stereocenters. The first-order valence-corrected chi connectivity index (χ1v) is 7.90. The summed E-state index contributed by atoms with van der Waals surface area (Å²) in [7, 11) is 0. The molecule has 1 aliphatic carbocycles. The van der Waals surface area contributed by atoms with Crippen molar-refractivity contribution < 1.29 is 8.78 Å². The molecule has 0 radical (unpaired) electrons. The summed E-state index contributed by atoms with van der Waals surface area (Å²) in [6.45, 7) is 7.40. The SMILES string of the molecule is CC1CNC(C)(C2CC2)CN1CCc1cc(F)cc(F)c1. The van der Waals surface area contributed by atoms with E-state index in [1.54, 1.807) is 0 Å². The molecule has 0 bridgehead atoms. The monoisotopic (exact) mass is 294 g/mol. The molecule has 1 saturated carbocycles. The van der Waals surface area contributed by atoms with E-state index in [1.165, 1.54) is 25.0 Å². The Labute approximate surface area is 125 Å². The normalized spacial score (nSPS) is 30.6. The van der Waals surface area contributed by atoms with Crippen LogP contribution in [0, 0.1) is 17.6 Å². The van der Waals surface area contributed by atoms with Crippen molar-refractivity contribution in [3.63, 3.8) is 0 Å². The molecule has 2 nitrogen and oxygen atoms in total. The van der Waals surface area contributed by atoms with E-state index < -0.39 is 11.6 Å². The Morgan fingerprint density at radius 2 is 1.90 bits per heavy atom. The molecule has 1 N–H and O–H groups in total. The largest absolute Gasteiger partial charge is 0.308 e. The predicted octanol–water partition coefficient (Wildman–Crippen LogP) is 2.97. The van der Waals surface area contributed by atoms with Gasteiger partial charge < -0.3 is 5.32 Å². The molecule has 1 aliphatic heterocycles. The molecule has 116 valence electrons. The van der Waals surface area contributed by atoms with Crippen molar-refractivity contribution in [2.75, 3.05) is 19.6 Å². The Balaban J connectivity index is 1.62. The number of hydrogen-bond acceptors (Lipinski definition) is 2. The number of halogens is 2. The average molecular weight is 294 g/mol. The molecule has 4 heteroatoms. The third-order valence-corrected chi connectivity index (χ3v) is 5.04. The Morgan fingerprint density at radius 1 is 1.24 bits per heavy atom. The van der Waals surface area contributed by atoms with Crippen LogP contribution in [-0.2, 0) is 6.42 Å². The first-order valence-electron chi connectivity index (χ1n) is 7.90. The summed E-state index contributed by atoms with van der Waals surface area (Å²) < 4.78 is 26.5. The second kappa shape index (κ2) is 5.65. The maximum atomic E-state index is 13.2. The van der Waals surface area contributed by atoms with E-state index in [0.717, 1.165) is 37.2 Å². The van der Waals surface area contributed by atoms with E-state index in [1.807, 2.05) is 0 Å². The standard InChI is InChI=1S/C17H24F2N2/c1-12-10-20-17(2,14-3-4-14)11-21(12)6-5-13-7-15(18)9-16(19)8-13/h7-9,12,14,20H,3-6,10-11H2,1-2H3. The minimum absolute atomic E-state index is 0.208. The zero-order valence-corrected chi connectivity index (χ0v) is 12.8. The van der Waals surface area contributed by atoms with Gasteiger partial charge in [0.1, 0.15) is 11.6 Å². The molecule has 2 fully saturated rings. The van der Waals surface area contributed by atoms with Crippen molar-refractivity contribution >= 4 is 0 Å². The minimum Gasteiger partial charge on any atom is -0.308 e. The van der Waals surface area contributed by atoms with Gasteiger partial charge in [0.15, 0.2) is 0 Å². The first-order chi connectivity index (χ1) is 9.96. The van der Waals surface area contributed by atoms with Crippen molar-refractivity contribution in [3.8, 4) is 0 Å². The van der Waals surface area contributed by atoms with Gasteiger partial charge >= 0.3 is 0 Å². The molecule has 1 heterocycles. The number of benzene rings is 1. The summed E-state index contributed by atoms with van der Waals surface area (Å²) in [5.41, 5.74) is 0.950. The lowest BCUT2D eigenvalue weighted by Crippen LogP contribution is -2.63. The lowest BCUT2D eigenvalue weighted by molar-refractivity contribution is 0.0844. The maximum Gasteiger partial charge on any atom is 0.126 e. The van der Waals surface area contributed by atoms with Gasteiger partial charge in [0.25, 0.3) is 0 Å². The highest BCUT2D eigenvalue weighted by molar-refractivity contribution is 5.18. The molecule has 1 saturated heterocycles. The Morgan fingerprint density at radius 3 is 2.52 bits per heavy atom. The van der Waals surface area contributed by atoms with Crippen LogP contribution in [0.15, 0.2) is 18.2 Å². The lowest BCUT2D eigenvalue weighted by Gasteiger charge is -2.45. The van der Waals surface area contributed by atoms with Gasteiger partial charge in [-0.2, -0.15) is 0 Å². The Hall–Kier alpha value is -1.00. The van der Waals surface area contributed by atoms with Crippen LogP contribution < -0.4 is 5.32 Å². The number of hydrogen-bond donors (Lipinski definition) is 1. The highest BCUT2D eigenvalue weighted by atomic mass is 19.1. The molecule has 2 aliphatic rings. The van der Waals surface area contributed by atoms with Gasteiger partial charge in [0.05, 0.1) is 0 Å². The fourth-order valence-corrected chi connectivity index (χ4v) is 3.46. The van der Waals surface area contributed by atoms with Crippen molar-refractivity contribution in [1.82, 2.24) is 10.2 Å². The van der Waals surface area contributed by atoms with Crippen LogP contribution >= 0.6 is 0 Å². The van der Waals surface area contributed by atoms with Crippen LogP contribution in [0.4, 0.5) is 8.78 Å². The third-order valence-electron chi connectivity index (χ3n) is 5.04. The van der Waals surface area contributed by atoms with E-state index in [4.69, 9.17) is 0 Å². The number of piperazine rings is 1. The maximum absolute atomic E-state index is 13.2. The fraction of sp³-hybridized carbons (Fsp3) is 0.647. The van der Waals surface area contributed by atoms with Crippen LogP contribution in [0.5, 0.6) is 0 Å². The van der Waals surface area contributed by atoms with Gasteiger partial charge in [-0.3, -0.25) is 4.90 Å². The van der Waals surface area contributed by atoms with E-state index in [0.29, 0.717) is 12.5 Å². The quantitative estimate of drug-likeness (QED) is 0.918. The van der Waals surface area contributed by atoms with Gasteiger partial charge in [-0.05, 0) is 56.7 Å². The Bertz CT molecular complexity index is 495. The minimum atomic E-state index is -0.485. The zero-order chi connectivity index (χ0) is 15.0. The van der Waals surface area contributed by atoms with Crippen molar-refractivity contribution in [3.05, 3.63) is 35.4 Å². The second-order valence-corrected chi connectivity index (χ2v) is 6.92. The topological polar surface area (TPSA) is 15.3 Å². The summed E-state index contributed by atoms with van der Waals surface area (Å²) in [5, 5.41) is 3.69. The van der Waals surface area contributed by atoms with Gasteiger partial charge in [-0.25, -0.2) is 8.78 Å². The first kappa shape index (κ1) is 14.9. The highest BCUT2D eigenvalue weighted by Gasteiger charge is 2.45. The molecule has 2 unspecified atom stereocenters. The van der Waals surface area contributed by atoms with Crippen LogP contribution in [-0.4, -0.2) is 36.1 Å². The Kier molecular flexibility index (Phi) is 4.02. The second-order valence-electron chi connectivity index (χ2n) is 6.92. The number of nitrogens with one attached hydrogen (secondary N) is 1. The highest BCUT2D eigenvalue weighted by Crippen LogP contribution is 2.41. The summed E-state index contributed by atoms with van der Waals surface area (Å²) in [4.78, 5) is 2.46. The smallest absolute Gasteiger partial charge is 0.126 e. The molecule has 0 amide bonds. The third kappa shape index (κ3) is 3.43. The predicted molar refractivity (Wildman–Crippen MR) is 80.2 cm³/mol. The van der Waals surface area contributed by atoms with E-state index in [-0.39, 0.29) is 5.54 Å². The molecule has 0 aromatic heterocycles. The zero-order valence-electron chi connectivity index (χ0n) is 12.8. The lowest BCUT2D eigenvalue weighted by atomic mass is 9.91. The van der Waals surface area contributed by atoms with Gasteiger partial charge in [0.2, 0.25) is 0 Å². The van der Waals surface area contributed by atoms with E-state index >= 15 is 0 Å². The van der Waals surface area contributed by atoms with Crippen LogP contribution in [0.25, 0.3) is 0 Å². The van der Waals surface area contributed by atoms with Gasteiger partial charge in [-0.1, -0.05) is 0 Å². The molecule has 1 aromatic carbocycles. The fourth-order valence-electron chi connectivity index (χ4n) is 3.46. The molecule has 0 spiro atoms.